The first-order chi connectivity index (χ1) is 6.81. The van der Waals surface area contributed by atoms with Crippen LogP contribution in [0, 0.1) is 0 Å². The fourth-order valence-corrected chi connectivity index (χ4v) is 1.19. The normalized spacial score (nSPS) is 13.1. The summed E-state index contributed by atoms with van der Waals surface area (Å²) < 4.78 is 9.86. The molecule has 14 heavy (non-hydrogen) atoms. The van der Waals surface area contributed by atoms with Crippen molar-refractivity contribution in [2.45, 2.75) is 6.61 Å². The Morgan fingerprint density at radius 1 is 1.14 bits per heavy atom. The van der Waals surface area contributed by atoms with Gasteiger partial charge in [0.05, 0.1) is 33.4 Å². The summed E-state index contributed by atoms with van der Waals surface area (Å²) in [5.41, 5.74) is 0.849. The van der Waals surface area contributed by atoms with Crippen LogP contribution in [0.15, 0.2) is 18.2 Å². The monoisotopic (exact) mass is 194 g/mol. The molecule has 1 N–H and O–H groups in total. The minimum atomic E-state index is 0.0256. The number of methoxy groups -OCH3 is 2. The Labute approximate surface area is 82.9 Å². The second-order valence-electron chi connectivity index (χ2n) is 2.83. The van der Waals surface area contributed by atoms with E-state index in [1.165, 1.54) is 0 Å². The van der Waals surface area contributed by atoms with Gasteiger partial charge in [-0.1, -0.05) is 12.1 Å². The molecule has 0 spiro atoms. The molecule has 1 rings (SSSR count). The maximum atomic E-state index is 8.95. The SMILES string of the molecule is COC=c1ccc(CO)cc1=COC. The Kier molecular flexibility index (Phi) is 4.01. The first-order valence-electron chi connectivity index (χ1n) is 4.27. The molecule has 0 aliphatic carbocycles. The summed E-state index contributed by atoms with van der Waals surface area (Å²) in [6, 6.07) is 5.58. The van der Waals surface area contributed by atoms with Gasteiger partial charge in [0.2, 0.25) is 0 Å². The lowest BCUT2D eigenvalue weighted by molar-refractivity contribution is 0.281. The van der Waals surface area contributed by atoms with Gasteiger partial charge in [-0.3, -0.25) is 0 Å². The zero-order chi connectivity index (χ0) is 10.4. The van der Waals surface area contributed by atoms with Gasteiger partial charge >= 0.3 is 0 Å². The first kappa shape index (κ1) is 10.6. The highest BCUT2D eigenvalue weighted by molar-refractivity contribution is 5.28. The molecule has 1 aromatic rings. The largest absolute Gasteiger partial charge is 0.504 e. The van der Waals surface area contributed by atoms with E-state index >= 15 is 0 Å². The van der Waals surface area contributed by atoms with E-state index in [1.54, 1.807) is 26.7 Å². The van der Waals surface area contributed by atoms with E-state index in [-0.39, 0.29) is 6.61 Å². The summed E-state index contributed by atoms with van der Waals surface area (Å²) in [4.78, 5) is 0. The van der Waals surface area contributed by atoms with Gasteiger partial charge in [0.1, 0.15) is 0 Å². The van der Waals surface area contributed by atoms with Crippen LogP contribution in [-0.2, 0) is 16.1 Å². The number of benzene rings is 1. The minimum absolute atomic E-state index is 0.0256. The molecular weight excluding hydrogens is 180 g/mol. The summed E-state index contributed by atoms with van der Waals surface area (Å²) in [6.07, 6.45) is 3.25. The Morgan fingerprint density at radius 2 is 1.79 bits per heavy atom. The highest BCUT2D eigenvalue weighted by atomic mass is 16.5. The van der Waals surface area contributed by atoms with E-state index in [0.717, 1.165) is 16.0 Å². The Hall–Kier alpha value is -1.48. The van der Waals surface area contributed by atoms with Crippen molar-refractivity contribution < 1.29 is 14.6 Å². The molecule has 0 aromatic heterocycles. The number of hydrogen-bond donors (Lipinski definition) is 1. The van der Waals surface area contributed by atoms with Gasteiger partial charge in [0.15, 0.2) is 0 Å². The predicted octanol–water partition coefficient (Wildman–Crippen LogP) is -0.0523. The molecule has 0 aliphatic heterocycles. The van der Waals surface area contributed by atoms with Crippen LogP contribution < -0.4 is 10.4 Å². The number of rotatable bonds is 3. The number of hydrogen-bond acceptors (Lipinski definition) is 3. The van der Waals surface area contributed by atoms with Crippen LogP contribution >= 0.6 is 0 Å². The van der Waals surface area contributed by atoms with E-state index in [2.05, 4.69) is 0 Å². The standard InChI is InChI=1S/C11H14O3/c1-13-7-10-4-3-9(6-12)5-11(10)8-14-2/h3-5,7-8,12H,6H2,1-2H3. The minimum Gasteiger partial charge on any atom is -0.504 e. The van der Waals surface area contributed by atoms with Crippen LogP contribution in [0.3, 0.4) is 0 Å². The molecule has 76 valence electrons. The summed E-state index contributed by atoms with van der Waals surface area (Å²) in [6.45, 7) is 0.0256. The first-order valence-corrected chi connectivity index (χ1v) is 4.27. The van der Waals surface area contributed by atoms with Crippen LogP contribution in [0.1, 0.15) is 5.56 Å². The summed E-state index contributed by atoms with van der Waals surface area (Å²) in [7, 11) is 3.18. The molecular formula is C11H14O3. The van der Waals surface area contributed by atoms with Crippen LogP contribution in [0.25, 0.3) is 12.5 Å². The molecule has 3 heteroatoms. The zero-order valence-corrected chi connectivity index (χ0v) is 8.36. The van der Waals surface area contributed by atoms with E-state index in [9.17, 15) is 0 Å². The van der Waals surface area contributed by atoms with Crippen molar-refractivity contribution in [3.05, 3.63) is 34.2 Å². The van der Waals surface area contributed by atoms with Crippen LogP contribution in [0.2, 0.25) is 0 Å². The second-order valence-corrected chi connectivity index (χ2v) is 2.83. The van der Waals surface area contributed by atoms with Gasteiger partial charge < -0.3 is 14.6 Å². The highest BCUT2D eigenvalue weighted by Crippen LogP contribution is 1.90. The Bertz CT molecular complexity index is 395. The molecule has 3 nitrogen and oxygen atoms in total. The Morgan fingerprint density at radius 3 is 2.36 bits per heavy atom. The molecule has 1 aromatic carbocycles. The lowest BCUT2D eigenvalue weighted by Crippen LogP contribution is -2.25. The van der Waals surface area contributed by atoms with Crippen molar-refractivity contribution >= 4 is 12.5 Å². The lowest BCUT2D eigenvalue weighted by atomic mass is 10.2. The fraction of sp³-hybridized carbons (Fsp3) is 0.273. The summed E-state index contributed by atoms with van der Waals surface area (Å²) in [5.74, 6) is 0. The maximum absolute atomic E-state index is 8.95. The molecule has 0 fully saturated rings. The quantitative estimate of drug-likeness (QED) is 0.733. The third-order valence-corrected chi connectivity index (χ3v) is 1.82. The van der Waals surface area contributed by atoms with Gasteiger partial charge in [-0.2, -0.15) is 0 Å². The molecule has 0 atom stereocenters. The summed E-state index contributed by atoms with van der Waals surface area (Å²) >= 11 is 0. The van der Waals surface area contributed by atoms with Crippen molar-refractivity contribution in [2.75, 3.05) is 14.2 Å². The molecule has 0 heterocycles. The molecule has 0 saturated heterocycles. The molecule has 0 bridgehead atoms. The molecule has 0 radical (unpaired) electrons. The van der Waals surface area contributed by atoms with Gasteiger partial charge in [-0.15, -0.1) is 0 Å². The van der Waals surface area contributed by atoms with Crippen molar-refractivity contribution in [2.24, 2.45) is 0 Å². The molecule has 0 amide bonds. The number of ether oxygens (including phenoxy) is 2. The van der Waals surface area contributed by atoms with Gasteiger partial charge in [0.25, 0.3) is 0 Å². The Balaban J connectivity index is 3.32. The van der Waals surface area contributed by atoms with E-state index in [1.807, 2.05) is 18.2 Å². The highest BCUT2D eigenvalue weighted by Gasteiger charge is 1.91. The lowest BCUT2D eigenvalue weighted by Gasteiger charge is -1.97. The number of aliphatic hydroxyl groups excluding tert-OH is 1. The van der Waals surface area contributed by atoms with Crippen LogP contribution in [0.5, 0.6) is 0 Å². The third kappa shape index (κ3) is 2.50. The summed E-state index contributed by atoms with van der Waals surface area (Å²) in [5, 5.41) is 10.8. The molecule has 0 unspecified atom stereocenters. The second kappa shape index (κ2) is 5.29. The van der Waals surface area contributed by atoms with Crippen molar-refractivity contribution in [3.63, 3.8) is 0 Å². The van der Waals surface area contributed by atoms with Crippen molar-refractivity contribution in [3.8, 4) is 0 Å². The van der Waals surface area contributed by atoms with E-state index in [4.69, 9.17) is 14.6 Å². The van der Waals surface area contributed by atoms with Gasteiger partial charge in [-0.05, 0) is 11.6 Å². The van der Waals surface area contributed by atoms with E-state index in [0.29, 0.717) is 0 Å². The fourth-order valence-electron chi connectivity index (χ4n) is 1.19. The average Bonchev–Trinajstić information content (AvgIpc) is 2.21. The zero-order valence-electron chi connectivity index (χ0n) is 8.36. The maximum Gasteiger partial charge on any atom is 0.0904 e. The van der Waals surface area contributed by atoms with Gasteiger partial charge in [-0.25, -0.2) is 0 Å². The molecule has 0 aliphatic rings. The van der Waals surface area contributed by atoms with Crippen LogP contribution in [0.4, 0.5) is 0 Å². The van der Waals surface area contributed by atoms with Crippen LogP contribution in [-0.4, -0.2) is 19.3 Å². The molecule has 0 saturated carbocycles. The van der Waals surface area contributed by atoms with Gasteiger partial charge in [0, 0.05) is 10.4 Å². The van der Waals surface area contributed by atoms with Crippen molar-refractivity contribution in [1.82, 2.24) is 0 Å². The van der Waals surface area contributed by atoms with E-state index < -0.39 is 0 Å². The van der Waals surface area contributed by atoms with Crippen molar-refractivity contribution in [1.29, 1.82) is 0 Å². The predicted molar refractivity (Wildman–Crippen MR) is 54.6 cm³/mol. The average molecular weight is 194 g/mol. The topological polar surface area (TPSA) is 38.7 Å². The number of aliphatic hydroxyl groups is 1. The smallest absolute Gasteiger partial charge is 0.0904 e. The third-order valence-electron chi connectivity index (χ3n) is 1.82.